The van der Waals surface area contributed by atoms with Crippen molar-refractivity contribution in [2.45, 2.75) is 18.9 Å². The Morgan fingerprint density at radius 1 is 1.26 bits per heavy atom. The van der Waals surface area contributed by atoms with E-state index in [0.717, 1.165) is 30.5 Å². The summed E-state index contributed by atoms with van der Waals surface area (Å²) >= 11 is 5.83. The number of ether oxygens (including phenoxy) is 1. The lowest BCUT2D eigenvalue weighted by molar-refractivity contribution is -0.123. The summed E-state index contributed by atoms with van der Waals surface area (Å²) in [6.07, 6.45) is 2.03. The second kappa shape index (κ2) is 7.88. The summed E-state index contributed by atoms with van der Waals surface area (Å²) < 4.78 is 11.3. The van der Waals surface area contributed by atoms with Crippen LogP contribution in [-0.2, 0) is 4.79 Å². The van der Waals surface area contributed by atoms with Gasteiger partial charge in [-0.3, -0.25) is 4.79 Å². The Hall–Kier alpha value is -2.73. The van der Waals surface area contributed by atoms with E-state index in [1.807, 2.05) is 24.3 Å². The average Bonchev–Trinajstić information content (AvgIpc) is 3.32. The number of amides is 1. The van der Waals surface area contributed by atoms with Crippen molar-refractivity contribution in [1.29, 1.82) is 0 Å². The van der Waals surface area contributed by atoms with Crippen LogP contribution < -0.4 is 15.0 Å². The number of hydrogen-bond acceptors (Lipinski definition) is 5. The molecule has 140 valence electrons. The van der Waals surface area contributed by atoms with Crippen LogP contribution >= 0.6 is 11.6 Å². The van der Waals surface area contributed by atoms with E-state index in [9.17, 15) is 4.79 Å². The Bertz CT molecular complexity index is 893. The van der Waals surface area contributed by atoms with Gasteiger partial charge in [0.25, 0.3) is 11.9 Å². The molecule has 0 aliphatic carbocycles. The zero-order valence-electron chi connectivity index (χ0n) is 14.7. The number of aromatic nitrogens is 1. The molecule has 0 spiro atoms. The van der Waals surface area contributed by atoms with Crippen LogP contribution in [0.15, 0.2) is 52.9 Å². The first-order valence-electron chi connectivity index (χ1n) is 8.96. The number of anilines is 1. The number of carbonyl (C=O) groups is 1. The molecule has 2 heterocycles. The highest BCUT2D eigenvalue weighted by atomic mass is 35.5. The molecule has 1 unspecified atom stereocenters. The standard InChI is InChI=1S/C20H20ClN3O3/c21-14-7-9-16(10-8-14)26-13-19(25)22-12-15-4-3-11-24(15)20-23-17-5-1-2-6-18(17)27-20/h1-2,5-10,15H,3-4,11-13H2,(H,22,25). The van der Waals surface area contributed by atoms with Gasteiger partial charge in [0.1, 0.15) is 11.3 Å². The Kier molecular flexibility index (Phi) is 5.16. The largest absolute Gasteiger partial charge is 0.484 e. The molecule has 1 aliphatic rings. The van der Waals surface area contributed by atoms with E-state index in [2.05, 4.69) is 15.2 Å². The second-order valence-corrected chi connectivity index (χ2v) is 6.94. The first-order valence-corrected chi connectivity index (χ1v) is 9.34. The van der Waals surface area contributed by atoms with Crippen LogP contribution in [0.2, 0.25) is 5.02 Å². The summed E-state index contributed by atoms with van der Waals surface area (Å²) in [5.74, 6) is 0.456. The molecule has 0 bridgehead atoms. The maximum Gasteiger partial charge on any atom is 0.298 e. The zero-order chi connectivity index (χ0) is 18.6. The molecule has 27 heavy (non-hydrogen) atoms. The van der Waals surface area contributed by atoms with Gasteiger partial charge < -0.3 is 19.4 Å². The number of carbonyl (C=O) groups excluding carboxylic acids is 1. The molecule has 1 amide bonds. The number of para-hydroxylation sites is 2. The van der Waals surface area contributed by atoms with Crippen LogP contribution in [0.3, 0.4) is 0 Å². The quantitative estimate of drug-likeness (QED) is 0.701. The van der Waals surface area contributed by atoms with Crippen molar-refractivity contribution in [3.63, 3.8) is 0 Å². The van der Waals surface area contributed by atoms with Gasteiger partial charge in [-0.2, -0.15) is 4.98 Å². The fourth-order valence-electron chi connectivity index (χ4n) is 3.25. The van der Waals surface area contributed by atoms with E-state index in [0.29, 0.717) is 23.3 Å². The Morgan fingerprint density at radius 2 is 2.07 bits per heavy atom. The van der Waals surface area contributed by atoms with Crippen LogP contribution in [-0.4, -0.2) is 36.6 Å². The minimum absolute atomic E-state index is 0.0305. The van der Waals surface area contributed by atoms with E-state index < -0.39 is 0 Å². The molecule has 6 nitrogen and oxygen atoms in total. The number of oxazole rings is 1. The number of rotatable bonds is 6. The molecular weight excluding hydrogens is 366 g/mol. The number of halogens is 1. The van der Waals surface area contributed by atoms with Crippen LogP contribution in [0, 0.1) is 0 Å². The molecule has 1 N–H and O–H groups in total. The van der Waals surface area contributed by atoms with Gasteiger partial charge in [0, 0.05) is 18.1 Å². The topological polar surface area (TPSA) is 67.6 Å². The highest BCUT2D eigenvalue weighted by Crippen LogP contribution is 2.28. The second-order valence-electron chi connectivity index (χ2n) is 6.50. The van der Waals surface area contributed by atoms with Crippen molar-refractivity contribution in [1.82, 2.24) is 10.3 Å². The van der Waals surface area contributed by atoms with Crippen LogP contribution in [0.5, 0.6) is 5.75 Å². The number of nitrogens with zero attached hydrogens (tertiary/aromatic N) is 2. The van der Waals surface area contributed by atoms with E-state index in [1.165, 1.54) is 0 Å². The number of benzene rings is 2. The molecule has 2 aromatic carbocycles. The number of fused-ring (bicyclic) bond motifs is 1. The predicted octanol–water partition coefficient (Wildman–Crippen LogP) is 3.65. The molecule has 7 heteroatoms. The van der Waals surface area contributed by atoms with Gasteiger partial charge in [-0.25, -0.2) is 0 Å². The summed E-state index contributed by atoms with van der Waals surface area (Å²) in [5, 5.41) is 3.57. The van der Waals surface area contributed by atoms with Gasteiger partial charge in [-0.05, 0) is 49.2 Å². The predicted molar refractivity (Wildman–Crippen MR) is 104 cm³/mol. The smallest absolute Gasteiger partial charge is 0.298 e. The first kappa shape index (κ1) is 17.7. The van der Waals surface area contributed by atoms with E-state index >= 15 is 0 Å². The van der Waals surface area contributed by atoms with Gasteiger partial charge >= 0.3 is 0 Å². The van der Waals surface area contributed by atoms with Gasteiger partial charge in [-0.15, -0.1) is 0 Å². The lowest BCUT2D eigenvalue weighted by Gasteiger charge is -2.23. The Balaban J connectivity index is 1.31. The summed E-state index contributed by atoms with van der Waals surface area (Å²) in [6.45, 7) is 1.37. The summed E-state index contributed by atoms with van der Waals surface area (Å²) in [7, 11) is 0. The molecular formula is C20H20ClN3O3. The van der Waals surface area contributed by atoms with Gasteiger partial charge in [0.2, 0.25) is 0 Å². The summed E-state index contributed by atoms with van der Waals surface area (Å²) in [6, 6.07) is 15.4. The monoisotopic (exact) mass is 385 g/mol. The SMILES string of the molecule is O=C(COc1ccc(Cl)cc1)NCC1CCCN1c1nc2ccccc2o1. The Labute approximate surface area is 162 Å². The molecule has 1 aromatic heterocycles. The molecule has 3 aromatic rings. The molecule has 4 rings (SSSR count). The van der Waals surface area contributed by atoms with Gasteiger partial charge in [-0.1, -0.05) is 23.7 Å². The molecule has 1 atom stereocenters. The molecule has 1 aliphatic heterocycles. The van der Waals surface area contributed by atoms with Crippen molar-refractivity contribution in [3.05, 3.63) is 53.6 Å². The number of nitrogens with one attached hydrogen (secondary N) is 1. The van der Waals surface area contributed by atoms with Gasteiger partial charge in [0.15, 0.2) is 12.2 Å². The fourth-order valence-corrected chi connectivity index (χ4v) is 3.37. The third-order valence-corrected chi connectivity index (χ3v) is 4.88. The molecule has 0 saturated carbocycles. The first-order chi connectivity index (χ1) is 13.2. The highest BCUT2D eigenvalue weighted by molar-refractivity contribution is 6.30. The normalized spacial score (nSPS) is 16.6. The minimum Gasteiger partial charge on any atom is -0.484 e. The van der Waals surface area contributed by atoms with Crippen molar-refractivity contribution in [2.24, 2.45) is 0 Å². The van der Waals surface area contributed by atoms with E-state index in [4.69, 9.17) is 20.8 Å². The highest BCUT2D eigenvalue weighted by Gasteiger charge is 2.28. The Morgan fingerprint density at radius 3 is 2.89 bits per heavy atom. The van der Waals surface area contributed by atoms with Crippen molar-refractivity contribution >= 4 is 34.6 Å². The van der Waals surface area contributed by atoms with Crippen LogP contribution in [0.25, 0.3) is 11.1 Å². The maximum atomic E-state index is 12.1. The molecule has 1 fully saturated rings. The van der Waals surface area contributed by atoms with Crippen molar-refractivity contribution in [2.75, 3.05) is 24.6 Å². The fraction of sp³-hybridized carbons (Fsp3) is 0.300. The molecule has 0 radical (unpaired) electrons. The van der Waals surface area contributed by atoms with Gasteiger partial charge in [0.05, 0.1) is 6.04 Å². The van der Waals surface area contributed by atoms with E-state index in [1.54, 1.807) is 24.3 Å². The zero-order valence-corrected chi connectivity index (χ0v) is 15.5. The molecule has 1 saturated heterocycles. The van der Waals surface area contributed by atoms with Crippen molar-refractivity contribution in [3.8, 4) is 5.75 Å². The van der Waals surface area contributed by atoms with Crippen LogP contribution in [0.4, 0.5) is 6.01 Å². The maximum absolute atomic E-state index is 12.1. The third-order valence-electron chi connectivity index (χ3n) is 4.62. The summed E-state index contributed by atoms with van der Waals surface area (Å²) in [4.78, 5) is 18.8. The minimum atomic E-state index is -0.158. The summed E-state index contributed by atoms with van der Waals surface area (Å²) in [5.41, 5.74) is 1.62. The van der Waals surface area contributed by atoms with Crippen molar-refractivity contribution < 1.29 is 13.9 Å². The average molecular weight is 386 g/mol. The number of hydrogen-bond donors (Lipinski definition) is 1. The lowest BCUT2D eigenvalue weighted by Crippen LogP contribution is -2.41. The van der Waals surface area contributed by atoms with E-state index in [-0.39, 0.29) is 18.6 Å². The third kappa shape index (κ3) is 4.17. The lowest BCUT2D eigenvalue weighted by atomic mass is 10.2. The van der Waals surface area contributed by atoms with Crippen LogP contribution in [0.1, 0.15) is 12.8 Å².